The number of nitrogens with zero attached hydrogens (tertiary/aromatic N) is 2. The third-order valence-corrected chi connectivity index (χ3v) is 6.43. The lowest BCUT2D eigenvalue weighted by Gasteiger charge is -2.22. The number of para-hydroxylation sites is 1. The van der Waals surface area contributed by atoms with Crippen LogP contribution in [0.5, 0.6) is 5.75 Å². The van der Waals surface area contributed by atoms with E-state index in [1.807, 2.05) is 48.5 Å². The van der Waals surface area contributed by atoms with Gasteiger partial charge in [0.05, 0.1) is 43.5 Å². The number of carbonyl (C=O) groups excluding carboxylic acids is 1. The Morgan fingerprint density at radius 3 is 2.70 bits per heavy atom. The van der Waals surface area contributed by atoms with Crippen molar-refractivity contribution >= 4 is 43.6 Å². The second kappa shape index (κ2) is 8.85. The quantitative estimate of drug-likeness (QED) is 0.469. The molecule has 0 bridgehead atoms. The standard InChI is InChI=1S/C23H25N3O3S/c1-4-25(5-2)12-13-26(22(27)20-14-16-8-6-7-9-19(16)29-20)23-24-18-11-10-17(28-3)15-21(18)30-23/h6-11,14-15H,4-5,12-13H2,1-3H3/p+1. The first-order chi connectivity index (χ1) is 14.6. The molecule has 1 N–H and O–H groups in total. The minimum Gasteiger partial charge on any atom is -0.497 e. The van der Waals surface area contributed by atoms with Crippen molar-refractivity contribution in [1.29, 1.82) is 0 Å². The Balaban J connectivity index is 1.70. The Labute approximate surface area is 179 Å². The molecule has 0 aliphatic rings. The average molecular weight is 425 g/mol. The van der Waals surface area contributed by atoms with Crippen molar-refractivity contribution in [2.45, 2.75) is 13.8 Å². The van der Waals surface area contributed by atoms with Crippen LogP contribution in [0.15, 0.2) is 52.9 Å². The van der Waals surface area contributed by atoms with Crippen molar-refractivity contribution in [3.05, 3.63) is 54.3 Å². The highest BCUT2D eigenvalue weighted by Gasteiger charge is 2.25. The number of ether oxygens (including phenoxy) is 1. The first-order valence-corrected chi connectivity index (χ1v) is 11.0. The van der Waals surface area contributed by atoms with Crippen LogP contribution in [0.4, 0.5) is 5.13 Å². The van der Waals surface area contributed by atoms with Crippen molar-refractivity contribution in [3.63, 3.8) is 0 Å². The van der Waals surface area contributed by atoms with Crippen molar-refractivity contribution in [3.8, 4) is 5.75 Å². The van der Waals surface area contributed by atoms with Crippen LogP contribution in [0.3, 0.4) is 0 Å². The van der Waals surface area contributed by atoms with Gasteiger partial charge in [-0.1, -0.05) is 29.5 Å². The maximum atomic E-state index is 13.5. The summed E-state index contributed by atoms with van der Waals surface area (Å²) in [5.41, 5.74) is 1.57. The van der Waals surface area contributed by atoms with Gasteiger partial charge in [-0.3, -0.25) is 9.69 Å². The van der Waals surface area contributed by atoms with E-state index in [1.54, 1.807) is 12.0 Å². The lowest BCUT2D eigenvalue weighted by atomic mass is 10.2. The van der Waals surface area contributed by atoms with Crippen LogP contribution in [0.1, 0.15) is 24.4 Å². The molecule has 0 radical (unpaired) electrons. The predicted octanol–water partition coefficient (Wildman–Crippen LogP) is 3.62. The van der Waals surface area contributed by atoms with Gasteiger partial charge in [0.1, 0.15) is 11.3 Å². The van der Waals surface area contributed by atoms with Gasteiger partial charge in [0.2, 0.25) is 0 Å². The van der Waals surface area contributed by atoms with Crippen LogP contribution in [-0.2, 0) is 0 Å². The summed E-state index contributed by atoms with van der Waals surface area (Å²) in [5.74, 6) is 0.951. The molecule has 0 fully saturated rings. The topological polar surface area (TPSA) is 60.0 Å². The first kappa shape index (κ1) is 20.4. The highest BCUT2D eigenvalue weighted by atomic mass is 32.1. The van der Waals surface area contributed by atoms with Crippen LogP contribution in [0, 0.1) is 0 Å². The number of rotatable bonds is 8. The Hall–Kier alpha value is -2.90. The molecule has 30 heavy (non-hydrogen) atoms. The number of furan rings is 1. The molecular formula is C23H26N3O3S+. The Kier molecular flexibility index (Phi) is 6.01. The zero-order valence-corrected chi connectivity index (χ0v) is 18.3. The summed E-state index contributed by atoms with van der Waals surface area (Å²) >= 11 is 1.49. The van der Waals surface area contributed by atoms with Crippen LogP contribution in [-0.4, -0.2) is 44.2 Å². The maximum absolute atomic E-state index is 13.5. The van der Waals surface area contributed by atoms with Gasteiger partial charge in [-0.2, -0.15) is 0 Å². The Bertz CT molecular complexity index is 1130. The van der Waals surface area contributed by atoms with Crippen LogP contribution < -0.4 is 14.5 Å². The molecule has 2 aromatic carbocycles. The largest absolute Gasteiger partial charge is 0.497 e. The summed E-state index contributed by atoms with van der Waals surface area (Å²) in [5, 5.41) is 1.60. The highest BCUT2D eigenvalue weighted by Crippen LogP contribution is 2.32. The van der Waals surface area contributed by atoms with Gasteiger partial charge < -0.3 is 14.1 Å². The first-order valence-electron chi connectivity index (χ1n) is 10.2. The predicted molar refractivity (Wildman–Crippen MR) is 121 cm³/mol. The van der Waals surface area contributed by atoms with Crippen LogP contribution in [0.25, 0.3) is 21.2 Å². The number of fused-ring (bicyclic) bond motifs is 2. The van der Waals surface area contributed by atoms with E-state index in [9.17, 15) is 4.79 Å². The van der Waals surface area contributed by atoms with Crippen molar-refractivity contribution in [1.82, 2.24) is 4.98 Å². The highest BCUT2D eigenvalue weighted by molar-refractivity contribution is 7.22. The molecule has 0 saturated carbocycles. The Morgan fingerprint density at radius 1 is 1.17 bits per heavy atom. The minimum absolute atomic E-state index is 0.163. The number of anilines is 1. The Morgan fingerprint density at radius 2 is 1.97 bits per heavy atom. The van der Waals surface area contributed by atoms with Gasteiger partial charge in [0, 0.05) is 5.39 Å². The molecule has 0 atom stereocenters. The van der Waals surface area contributed by atoms with E-state index in [0.29, 0.717) is 23.0 Å². The number of benzene rings is 2. The molecule has 6 nitrogen and oxygen atoms in total. The molecule has 4 aromatic rings. The lowest BCUT2D eigenvalue weighted by Crippen LogP contribution is -3.12. The number of methoxy groups -OCH3 is 1. The monoisotopic (exact) mass is 424 g/mol. The van der Waals surface area contributed by atoms with Crippen molar-refractivity contribution in [2.24, 2.45) is 0 Å². The normalized spacial score (nSPS) is 11.5. The number of likely N-dealkylation sites (N-methyl/N-ethyl adjacent to an activating group) is 1. The maximum Gasteiger partial charge on any atom is 0.296 e. The molecule has 2 aromatic heterocycles. The summed E-state index contributed by atoms with van der Waals surface area (Å²) in [7, 11) is 1.65. The van der Waals surface area contributed by atoms with Crippen LogP contribution >= 0.6 is 11.3 Å². The number of carbonyl (C=O) groups is 1. The fourth-order valence-corrected chi connectivity index (χ4v) is 4.53. The number of aromatic nitrogens is 1. The number of hydrogen-bond acceptors (Lipinski definition) is 5. The van der Waals surface area contributed by atoms with E-state index in [4.69, 9.17) is 14.1 Å². The molecular weight excluding hydrogens is 398 g/mol. The molecule has 0 spiro atoms. The molecule has 2 heterocycles. The third kappa shape index (κ3) is 4.04. The molecule has 4 rings (SSSR count). The lowest BCUT2D eigenvalue weighted by molar-refractivity contribution is -0.894. The zero-order valence-electron chi connectivity index (χ0n) is 17.5. The smallest absolute Gasteiger partial charge is 0.296 e. The van der Waals surface area contributed by atoms with E-state index >= 15 is 0 Å². The van der Waals surface area contributed by atoms with E-state index in [-0.39, 0.29) is 5.91 Å². The van der Waals surface area contributed by atoms with Gasteiger partial charge in [-0.15, -0.1) is 0 Å². The average Bonchev–Trinajstić information content (AvgIpc) is 3.39. The van der Waals surface area contributed by atoms with Crippen molar-refractivity contribution in [2.75, 3.05) is 38.2 Å². The molecule has 156 valence electrons. The fraction of sp³-hybridized carbons (Fsp3) is 0.304. The van der Waals surface area contributed by atoms with Crippen LogP contribution in [0.2, 0.25) is 0 Å². The number of quaternary nitrogens is 1. The summed E-state index contributed by atoms with van der Waals surface area (Å²) in [6.45, 7) is 7.77. The third-order valence-electron chi connectivity index (χ3n) is 5.39. The minimum atomic E-state index is -0.163. The van der Waals surface area contributed by atoms with E-state index < -0.39 is 0 Å². The molecule has 0 saturated heterocycles. The summed E-state index contributed by atoms with van der Waals surface area (Å²) in [6.07, 6.45) is 0. The molecule has 0 aliphatic carbocycles. The molecule has 7 heteroatoms. The number of hydrogen-bond donors (Lipinski definition) is 1. The molecule has 1 amide bonds. The second-order valence-corrected chi connectivity index (χ2v) is 8.15. The second-order valence-electron chi connectivity index (χ2n) is 7.14. The van der Waals surface area contributed by atoms with E-state index in [0.717, 1.165) is 41.0 Å². The van der Waals surface area contributed by atoms with Gasteiger partial charge >= 0.3 is 0 Å². The van der Waals surface area contributed by atoms with Gasteiger partial charge in [-0.05, 0) is 44.2 Å². The van der Waals surface area contributed by atoms with Crippen molar-refractivity contribution < 1.29 is 18.8 Å². The number of thiazole rings is 1. The zero-order chi connectivity index (χ0) is 21.1. The van der Waals surface area contributed by atoms with E-state index in [2.05, 4.69) is 13.8 Å². The fourth-order valence-electron chi connectivity index (χ4n) is 3.51. The molecule has 0 aliphatic heterocycles. The number of amides is 1. The van der Waals surface area contributed by atoms with Gasteiger partial charge in [0.15, 0.2) is 10.9 Å². The summed E-state index contributed by atoms with van der Waals surface area (Å²) in [4.78, 5) is 21.4. The SMILES string of the molecule is CC[NH+](CC)CCN(C(=O)c1cc2ccccc2o1)c1nc2ccc(OC)cc2s1. The van der Waals surface area contributed by atoms with Gasteiger partial charge in [0.25, 0.3) is 5.91 Å². The van der Waals surface area contributed by atoms with Gasteiger partial charge in [-0.25, -0.2) is 4.98 Å². The summed E-state index contributed by atoms with van der Waals surface area (Å²) < 4.78 is 12.2. The summed E-state index contributed by atoms with van der Waals surface area (Å²) in [6, 6.07) is 15.2. The molecule has 0 unspecified atom stereocenters. The number of nitrogens with one attached hydrogen (secondary N) is 1. The van der Waals surface area contributed by atoms with E-state index in [1.165, 1.54) is 16.2 Å².